The average Bonchev–Trinajstić information content (AvgIpc) is 2.49. The number of piperidine rings is 1. The summed E-state index contributed by atoms with van der Waals surface area (Å²) in [5.74, 6) is -1.31. The maximum Gasteiger partial charge on any atom is 0.179 e. The molecule has 0 amide bonds. The Balaban J connectivity index is 1.72. The minimum absolute atomic E-state index is 0.118. The molecule has 0 radical (unpaired) electrons. The summed E-state index contributed by atoms with van der Waals surface area (Å²) >= 11 is 0. The minimum Gasteiger partial charge on any atom is -0.304 e. The van der Waals surface area contributed by atoms with Crippen LogP contribution >= 0.6 is 0 Å². The van der Waals surface area contributed by atoms with E-state index >= 15 is 0 Å². The number of benzene rings is 1. The van der Waals surface area contributed by atoms with Crippen molar-refractivity contribution in [3.63, 3.8) is 0 Å². The van der Waals surface area contributed by atoms with E-state index in [-0.39, 0.29) is 17.4 Å². The first-order valence-electron chi connectivity index (χ1n) is 7.40. The zero-order valence-corrected chi connectivity index (χ0v) is 11.4. The lowest BCUT2D eigenvalue weighted by molar-refractivity contribution is 0.0861. The van der Waals surface area contributed by atoms with E-state index in [1.54, 1.807) is 0 Å². The summed E-state index contributed by atoms with van der Waals surface area (Å²) in [6, 6.07) is 3.56. The molecule has 2 nitrogen and oxygen atoms in total. The van der Waals surface area contributed by atoms with Crippen molar-refractivity contribution in [2.24, 2.45) is 5.92 Å². The van der Waals surface area contributed by atoms with Crippen molar-refractivity contribution in [2.45, 2.75) is 50.6 Å². The second kappa shape index (κ2) is 5.60. The fraction of sp³-hybridized carbons (Fsp3) is 0.562. The topological polar surface area (TPSA) is 29.1 Å². The summed E-state index contributed by atoms with van der Waals surface area (Å²) < 4.78 is 26.2. The molecule has 1 aliphatic heterocycles. The largest absolute Gasteiger partial charge is 0.304 e. The molecule has 0 aromatic heterocycles. The summed E-state index contributed by atoms with van der Waals surface area (Å²) in [6.07, 6.45) is 6.69. The zero-order valence-electron chi connectivity index (χ0n) is 11.4. The molecule has 108 valence electrons. The van der Waals surface area contributed by atoms with Gasteiger partial charge in [0.05, 0.1) is 6.04 Å². The van der Waals surface area contributed by atoms with E-state index in [2.05, 4.69) is 5.32 Å². The van der Waals surface area contributed by atoms with Gasteiger partial charge in [-0.15, -0.1) is 0 Å². The molecule has 1 saturated carbocycles. The first-order valence-corrected chi connectivity index (χ1v) is 7.40. The highest BCUT2D eigenvalue weighted by Crippen LogP contribution is 2.32. The number of halogens is 2. The van der Waals surface area contributed by atoms with E-state index in [0.29, 0.717) is 12.0 Å². The van der Waals surface area contributed by atoms with Crippen molar-refractivity contribution in [3.05, 3.63) is 35.4 Å². The second-order valence-electron chi connectivity index (χ2n) is 5.94. The van der Waals surface area contributed by atoms with Crippen LogP contribution in [-0.4, -0.2) is 17.9 Å². The SMILES string of the molecule is O=C(c1ccc(F)c(F)c1)C1CCC2CCCCC2N1. The van der Waals surface area contributed by atoms with Crippen LogP contribution in [0.1, 0.15) is 48.9 Å². The van der Waals surface area contributed by atoms with Crippen LogP contribution in [-0.2, 0) is 0 Å². The number of hydrogen-bond acceptors (Lipinski definition) is 2. The van der Waals surface area contributed by atoms with E-state index in [1.165, 1.54) is 25.3 Å². The molecule has 1 saturated heterocycles. The Morgan fingerprint density at radius 1 is 1.05 bits per heavy atom. The maximum atomic E-state index is 13.2. The van der Waals surface area contributed by atoms with Crippen molar-refractivity contribution in [1.82, 2.24) is 5.32 Å². The van der Waals surface area contributed by atoms with Crippen molar-refractivity contribution in [2.75, 3.05) is 0 Å². The molecular weight excluding hydrogens is 260 g/mol. The summed E-state index contributed by atoms with van der Waals surface area (Å²) in [6.45, 7) is 0. The van der Waals surface area contributed by atoms with Crippen LogP contribution in [0.15, 0.2) is 18.2 Å². The Bertz CT molecular complexity index is 517. The molecule has 3 atom stereocenters. The van der Waals surface area contributed by atoms with E-state index in [0.717, 1.165) is 31.4 Å². The normalized spacial score (nSPS) is 29.8. The number of hydrogen-bond donors (Lipinski definition) is 1. The zero-order chi connectivity index (χ0) is 14.1. The van der Waals surface area contributed by atoms with E-state index in [1.807, 2.05) is 0 Å². The third-order valence-electron chi connectivity index (χ3n) is 4.67. The minimum atomic E-state index is -0.956. The summed E-state index contributed by atoms with van der Waals surface area (Å²) in [5, 5.41) is 3.42. The highest BCUT2D eigenvalue weighted by Gasteiger charge is 2.34. The van der Waals surface area contributed by atoms with Gasteiger partial charge in [-0.1, -0.05) is 12.8 Å². The Kier molecular flexibility index (Phi) is 3.83. The third-order valence-corrected chi connectivity index (χ3v) is 4.67. The number of nitrogens with one attached hydrogen (secondary N) is 1. The molecule has 0 bridgehead atoms. The van der Waals surface area contributed by atoms with Crippen molar-refractivity contribution in [3.8, 4) is 0 Å². The lowest BCUT2D eigenvalue weighted by Crippen LogP contribution is -2.52. The Morgan fingerprint density at radius 2 is 1.85 bits per heavy atom. The van der Waals surface area contributed by atoms with Crippen molar-refractivity contribution < 1.29 is 13.6 Å². The average molecular weight is 279 g/mol. The standard InChI is InChI=1S/C16H19F2NO/c17-12-7-5-11(9-13(12)18)16(20)15-8-6-10-3-1-2-4-14(10)19-15/h5,7,9-10,14-15,19H,1-4,6,8H2. The van der Waals surface area contributed by atoms with Gasteiger partial charge in [-0.2, -0.15) is 0 Å². The van der Waals surface area contributed by atoms with Gasteiger partial charge in [0.25, 0.3) is 0 Å². The molecule has 1 aliphatic carbocycles. The molecular formula is C16H19F2NO. The number of ketones is 1. The smallest absolute Gasteiger partial charge is 0.179 e. The number of carbonyl (C=O) groups excluding carboxylic acids is 1. The van der Waals surface area contributed by atoms with Gasteiger partial charge in [-0.3, -0.25) is 4.79 Å². The monoisotopic (exact) mass is 279 g/mol. The molecule has 1 aromatic carbocycles. The van der Waals surface area contributed by atoms with E-state index in [9.17, 15) is 13.6 Å². The van der Waals surface area contributed by atoms with Crippen molar-refractivity contribution in [1.29, 1.82) is 0 Å². The highest BCUT2D eigenvalue weighted by molar-refractivity contribution is 6.00. The lowest BCUT2D eigenvalue weighted by Gasteiger charge is -2.40. The Labute approximate surface area is 117 Å². The van der Waals surface area contributed by atoms with Crippen LogP contribution in [0.4, 0.5) is 8.78 Å². The highest BCUT2D eigenvalue weighted by atomic mass is 19.2. The van der Waals surface area contributed by atoms with Crippen molar-refractivity contribution >= 4 is 5.78 Å². The number of Topliss-reactive ketones (excluding diaryl/α,β-unsaturated/α-hetero) is 1. The molecule has 0 spiro atoms. The van der Waals surface area contributed by atoms with Crippen LogP contribution in [0.5, 0.6) is 0 Å². The van der Waals surface area contributed by atoms with Crippen LogP contribution < -0.4 is 5.32 Å². The molecule has 3 rings (SSSR count). The quantitative estimate of drug-likeness (QED) is 0.840. The molecule has 1 aromatic rings. The van der Waals surface area contributed by atoms with Crippen LogP contribution in [0.2, 0.25) is 0 Å². The Hall–Kier alpha value is -1.29. The molecule has 3 unspecified atom stereocenters. The number of rotatable bonds is 2. The van der Waals surface area contributed by atoms with Crippen LogP contribution in [0.25, 0.3) is 0 Å². The molecule has 2 aliphatic rings. The number of carbonyl (C=O) groups is 1. The molecule has 20 heavy (non-hydrogen) atoms. The van der Waals surface area contributed by atoms with Crippen LogP contribution in [0.3, 0.4) is 0 Å². The summed E-state index contributed by atoms with van der Waals surface area (Å²) in [5.41, 5.74) is 0.260. The molecule has 2 fully saturated rings. The fourth-order valence-electron chi connectivity index (χ4n) is 3.55. The Morgan fingerprint density at radius 3 is 2.65 bits per heavy atom. The van der Waals surface area contributed by atoms with Gasteiger partial charge in [0.1, 0.15) is 0 Å². The predicted octanol–water partition coefficient (Wildman–Crippen LogP) is 3.46. The van der Waals surface area contributed by atoms with Gasteiger partial charge in [0, 0.05) is 11.6 Å². The van der Waals surface area contributed by atoms with Gasteiger partial charge in [0.15, 0.2) is 17.4 Å². The summed E-state index contributed by atoms with van der Waals surface area (Å²) in [7, 11) is 0. The molecule has 1 N–H and O–H groups in total. The second-order valence-corrected chi connectivity index (χ2v) is 5.94. The first kappa shape index (κ1) is 13.7. The predicted molar refractivity (Wildman–Crippen MR) is 72.6 cm³/mol. The van der Waals surface area contributed by atoms with Crippen LogP contribution in [0, 0.1) is 17.6 Å². The van der Waals surface area contributed by atoms with E-state index < -0.39 is 11.6 Å². The van der Waals surface area contributed by atoms with Gasteiger partial charge < -0.3 is 5.32 Å². The van der Waals surface area contributed by atoms with Gasteiger partial charge >= 0.3 is 0 Å². The summed E-state index contributed by atoms with van der Waals surface area (Å²) in [4.78, 5) is 12.4. The first-order chi connectivity index (χ1) is 9.65. The van der Waals surface area contributed by atoms with Gasteiger partial charge in [-0.05, 0) is 49.8 Å². The van der Waals surface area contributed by atoms with Gasteiger partial charge in [0.2, 0.25) is 0 Å². The molecule has 4 heteroatoms. The number of fused-ring (bicyclic) bond motifs is 1. The van der Waals surface area contributed by atoms with E-state index in [4.69, 9.17) is 0 Å². The fourth-order valence-corrected chi connectivity index (χ4v) is 3.55. The lowest BCUT2D eigenvalue weighted by atomic mass is 9.77. The third kappa shape index (κ3) is 2.62. The van der Waals surface area contributed by atoms with Gasteiger partial charge in [-0.25, -0.2) is 8.78 Å². The maximum absolute atomic E-state index is 13.2. The molecule has 1 heterocycles.